The van der Waals surface area contributed by atoms with Gasteiger partial charge in [-0.25, -0.2) is 4.79 Å². The van der Waals surface area contributed by atoms with E-state index < -0.39 is 0 Å². The van der Waals surface area contributed by atoms with Crippen LogP contribution in [0.15, 0.2) is 54.0 Å². The van der Waals surface area contributed by atoms with Crippen molar-refractivity contribution >= 4 is 23.3 Å². The summed E-state index contributed by atoms with van der Waals surface area (Å²) in [5.74, 6) is 2.23. The first-order valence-electron chi connectivity index (χ1n) is 10.3. The molecule has 0 saturated carbocycles. The molecule has 0 spiro atoms. The van der Waals surface area contributed by atoms with Gasteiger partial charge >= 0.3 is 5.97 Å². The van der Waals surface area contributed by atoms with E-state index in [1.807, 2.05) is 19.1 Å². The fourth-order valence-electron chi connectivity index (χ4n) is 3.01. The van der Waals surface area contributed by atoms with E-state index in [0.29, 0.717) is 11.8 Å². The molecule has 0 aliphatic rings. The van der Waals surface area contributed by atoms with Crippen molar-refractivity contribution < 1.29 is 14.3 Å². The molecule has 1 aromatic carbocycles. The van der Waals surface area contributed by atoms with E-state index in [2.05, 4.69) is 57.9 Å². The Bertz CT molecular complexity index is 814. The molecule has 0 aliphatic heterocycles. The summed E-state index contributed by atoms with van der Waals surface area (Å²) in [4.78, 5) is 11.4. The van der Waals surface area contributed by atoms with Gasteiger partial charge in [0.15, 0.2) is 0 Å². The lowest BCUT2D eigenvalue weighted by atomic mass is 9.89. The van der Waals surface area contributed by atoms with Gasteiger partial charge in [-0.1, -0.05) is 52.0 Å². The first-order valence-corrected chi connectivity index (χ1v) is 11.4. The predicted octanol–water partition coefficient (Wildman–Crippen LogP) is 7.27. The molecular weight excluding hydrogens is 392 g/mol. The molecule has 0 N–H and O–H groups in total. The van der Waals surface area contributed by atoms with Gasteiger partial charge in [-0.15, -0.1) is 18.3 Å². The zero-order chi connectivity index (χ0) is 22.7. The second-order valence-corrected chi connectivity index (χ2v) is 8.69. The smallest absolute Gasteiger partial charge is 0.330 e. The van der Waals surface area contributed by atoms with Crippen LogP contribution in [-0.2, 0) is 9.53 Å². The van der Waals surface area contributed by atoms with E-state index in [4.69, 9.17) is 9.47 Å². The summed E-state index contributed by atoms with van der Waals surface area (Å²) in [7, 11) is 3.13. The van der Waals surface area contributed by atoms with E-state index in [0.717, 1.165) is 29.1 Å². The Morgan fingerprint density at radius 1 is 1.17 bits per heavy atom. The molecule has 0 heterocycles. The standard InChI is InChI=1S/C26H36O3S/c1-9-13-30-17-21(12-10-11-20(6)14-25(27)28-7)24-16-22(18(2)3)15-23(19(4)5)26(24)29-8/h9-11,14-19H,1,12-13H2,2-8H3/b11-10+,20-14+,21-17+. The minimum atomic E-state index is -0.345. The Hall–Kier alpha value is -2.20. The van der Waals surface area contributed by atoms with Gasteiger partial charge in [-0.05, 0) is 58.9 Å². The van der Waals surface area contributed by atoms with Crippen LogP contribution in [0.4, 0.5) is 0 Å². The van der Waals surface area contributed by atoms with E-state index in [9.17, 15) is 4.79 Å². The van der Waals surface area contributed by atoms with Gasteiger partial charge < -0.3 is 9.47 Å². The highest BCUT2D eigenvalue weighted by Crippen LogP contribution is 2.39. The maximum absolute atomic E-state index is 11.4. The summed E-state index contributed by atoms with van der Waals surface area (Å²) in [5.41, 5.74) is 5.70. The van der Waals surface area contributed by atoms with Crippen molar-refractivity contribution in [2.24, 2.45) is 0 Å². The number of benzene rings is 1. The maximum atomic E-state index is 11.4. The summed E-state index contributed by atoms with van der Waals surface area (Å²) in [6, 6.07) is 4.52. The number of hydrogen-bond acceptors (Lipinski definition) is 4. The van der Waals surface area contributed by atoms with E-state index in [-0.39, 0.29) is 5.97 Å². The molecule has 0 aromatic heterocycles. The van der Waals surface area contributed by atoms with E-state index in [1.165, 1.54) is 29.9 Å². The minimum Gasteiger partial charge on any atom is -0.496 e. The Morgan fingerprint density at radius 2 is 1.87 bits per heavy atom. The molecule has 4 heteroatoms. The molecule has 0 fully saturated rings. The quantitative estimate of drug-likeness (QED) is 0.122. The average Bonchev–Trinajstić information content (AvgIpc) is 2.71. The van der Waals surface area contributed by atoms with Gasteiger partial charge in [0.2, 0.25) is 0 Å². The van der Waals surface area contributed by atoms with E-state index in [1.54, 1.807) is 18.9 Å². The van der Waals surface area contributed by atoms with Crippen molar-refractivity contribution in [2.75, 3.05) is 20.0 Å². The molecule has 1 rings (SSSR count). The summed E-state index contributed by atoms with van der Waals surface area (Å²) < 4.78 is 10.6. The third kappa shape index (κ3) is 7.91. The molecule has 0 bridgehead atoms. The van der Waals surface area contributed by atoms with Crippen LogP contribution in [0.2, 0.25) is 0 Å². The lowest BCUT2D eigenvalue weighted by molar-refractivity contribution is -0.134. The molecule has 0 atom stereocenters. The molecule has 164 valence electrons. The lowest BCUT2D eigenvalue weighted by Crippen LogP contribution is -2.02. The molecule has 1 aromatic rings. The number of esters is 1. The predicted molar refractivity (Wildman–Crippen MR) is 131 cm³/mol. The molecule has 0 radical (unpaired) electrons. The van der Waals surface area contributed by atoms with Crippen molar-refractivity contribution in [3.8, 4) is 5.75 Å². The number of ether oxygens (including phenoxy) is 2. The van der Waals surface area contributed by atoms with Crippen molar-refractivity contribution in [3.05, 3.63) is 70.7 Å². The highest BCUT2D eigenvalue weighted by atomic mass is 32.2. The average molecular weight is 429 g/mol. The van der Waals surface area contributed by atoms with Gasteiger partial charge in [-0.2, -0.15) is 0 Å². The van der Waals surface area contributed by atoms with Crippen LogP contribution in [0.5, 0.6) is 5.75 Å². The first-order chi connectivity index (χ1) is 14.2. The van der Waals surface area contributed by atoms with Crippen molar-refractivity contribution in [1.29, 1.82) is 0 Å². The molecule has 3 nitrogen and oxygen atoms in total. The lowest BCUT2D eigenvalue weighted by Gasteiger charge is -2.21. The van der Waals surface area contributed by atoms with Crippen molar-refractivity contribution in [1.82, 2.24) is 0 Å². The fraction of sp³-hybridized carbons (Fsp3) is 0.423. The highest BCUT2D eigenvalue weighted by Gasteiger charge is 2.18. The van der Waals surface area contributed by atoms with Crippen LogP contribution in [0.3, 0.4) is 0 Å². The monoisotopic (exact) mass is 428 g/mol. The molecule has 0 amide bonds. The number of hydrogen-bond donors (Lipinski definition) is 0. The Labute approximate surface area is 186 Å². The molecular formula is C26H36O3S. The zero-order valence-electron chi connectivity index (χ0n) is 19.5. The van der Waals surface area contributed by atoms with Crippen LogP contribution in [0, 0.1) is 0 Å². The zero-order valence-corrected chi connectivity index (χ0v) is 20.3. The Kier molecular flexibility index (Phi) is 11.3. The van der Waals surface area contributed by atoms with Crippen LogP contribution in [0.25, 0.3) is 5.57 Å². The minimum absolute atomic E-state index is 0.345. The van der Waals surface area contributed by atoms with Crippen LogP contribution >= 0.6 is 11.8 Å². The van der Waals surface area contributed by atoms with Crippen LogP contribution in [-0.4, -0.2) is 25.9 Å². The second kappa shape index (κ2) is 13.2. The summed E-state index contributed by atoms with van der Waals surface area (Å²) in [6.07, 6.45) is 8.14. The number of allylic oxidation sites excluding steroid dienone is 4. The van der Waals surface area contributed by atoms with E-state index >= 15 is 0 Å². The number of carbonyl (C=O) groups excluding carboxylic acids is 1. The van der Waals surface area contributed by atoms with Crippen molar-refractivity contribution in [2.45, 2.75) is 52.9 Å². The summed E-state index contributed by atoms with van der Waals surface area (Å²) in [6.45, 7) is 14.5. The SMILES string of the molecule is C=CCS/C=C(\C/C=C/C(C)=C/C(=O)OC)c1cc(C(C)C)cc(C(C)C)c1OC. The largest absolute Gasteiger partial charge is 0.496 e. The van der Waals surface area contributed by atoms with Crippen molar-refractivity contribution in [3.63, 3.8) is 0 Å². The molecule has 0 saturated heterocycles. The summed E-state index contributed by atoms with van der Waals surface area (Å²) in [5, 5.41) is 2.19. The number of carbonyl (C=O) groups is 1. The second-order valence-electron chi connectivity index (χ2n) is 7.78. The van der Waals surface area contributed by atoms with Gasteiger partial charge in [-0.3, -0.25) is 0 Å². The van der Waals surface area contributed by atoms with Crippen LogP contribution in [0.1, 0.15) is 69.6 Å². The van der Waals surface area contributed by atoms with Gasteiger partial charge in [0.1, 0.15) is 5.75 Å². The van der Waals surface area contributed by atoms with Gasteiger partial charge in [0.25, 0.3) is 0 Å². The topological polar surface area (TPSA) is 35.5 Å². The molecule has 30 heavy (non-hydrogen) atoms. The third-order valence-electron chi connectivity index (χ3n) is 4.68. The van der Waals surface area contributed by atoms with Crippen LogP contribution < -0.4 is 4.74 Å². The normalized spacial score (nSPS) is 12.7. The first kappa shape index (κ1) is 25.8. The fourth-order valence-corrected chi connectivity index (χ4v) is 3.66. The summed E-state index contributed by atoms with van der Waals surface area (Å²) >= 11 is 1.72. The Morgan fingerprint density at radius 3 is 2.40 bits per heavy atom. The number of rotatable bonds is 11. The number of methoxy groups -OCH3 is 2. The van der Waals surface area contributed by atoms with Gasteiger partial charge in [0, 0.05) is 17.4 Å². The maximum Gasteiger partial charge on any atom is 0.330 e. The highest BCUT2D eigenvalue weighted by molar-refractivity contribution is 8.02. The van der Waals surface area contributed by atoms with Gasteiger partial charge in [0.05, 0.1) is 14.2 Å². The third-order valence-corrected chi connectivity index (χ3v) is 5.56. The number of thioether (sulfide) groups is 1. The molecule has 0 aliphatic carbocycles. The Balaban J connectivity index is 3.43. The molecule has 0 unspecified atom stereocenters.